The van der Waals surface area contributed by atoms with Crippen molar-refractivity contribution in [1.29, 1.82) is 0 Å². The Morgan fingerprint density at radius 2 is 1.10 bits per heavy atom. The lowest BCUT2D eigenvalue weighted by molar-refractivity contribution is -0.216. The van der Waals surface area contributed by atoms with Crippen LogP contribution in [0.2, 0.25) is 0 Å². The van der Waals surface area contributed by atoms with Crippen LogP contribution in [0.4, 0.5) is 0 Å². The maximum absolute atomic E-state index is 13.0. The Morgan fingerprint density at radius 3 is 1.71 bits per heavy atom. The Hall–Kier alpha value is -2.86. The second-order valence-corrected chi connectivity index (χ2v) is 19.2. The number of hydrogen-bond donors (Lipinski definition) is 8. The van der Waals surface area contributed by atoms with Gasteiger partial charge in [-0.1, -0.05) is 150 Å². The minimum Gasteiger partial charge on any atom is -0.462 e. The van der Waals surface area contributed by atoms with Crippen molar-refractivity contribution in [2.24, 2.45) is 0 Å². The molecule has 1 saturated carbocycles. The Bertz CT molecular complexity index is 1650. The van der Waals surface area contributed by atoms with Crippen molar-refractivity contribution >= 4 is 27.6 Å². The molecule has 0 amide bonds. The van der Waals surface area contributed by atoms with Crippen LogP contribution in [-0.4, -0.2) is 114 Å². The monoisotopic (exact) mass is 1000 g/mol. The number of esters is 2. The van der Waals surface area contributed by atoms with Crippen LogP contribution in [0, 0.1) is 0 Å². The molecule has 1 aliphatic rings. The number of carbonyl (C=O) groups excluding carboxylic acids is 2. The predicted molar refractivity (Wildman–Crippen MR) is 261 cm³/mol. The van der Waals surface area contributed by atoms with Gasteiger partial charge in [0.05, 0.1) is 12.7 Å². The molecule has 1 aliphatic carbocycles. The van der Waals surface area contributed by atoms with Crippen molar-refractivity contribution in [2.75, 3.05) is 13.2 Å². The van der Waals surface area contributed by atoms with Gasteiger partial charge >= 0.3 is 27.6 Å². The lowest BCUT2D eigenvalue weighted by Gasteiger charge is -2.43. The summed E-state index contributed by atoms with van der Waals surface area (Å²) in [6.45, 7) is 2.82. The first kappa shape index (κ1) is 63.2. The molecule has 0 spiro atoms. The molecule has 17 nitrogen and oxygen atoms in total. The van der Waals surface area contributed by atoms with E-state index in [1.54, 1.807) is 12.2 Å². The largest absolute Gasteiger partial charge is 0.472 e. The molecule has 8 N–H and O–H groups in total. The molecule has 0 bridgehead atoms. The zero-order chi connectivity index (χ0) is 50.5. The average molecular weight is 1010 g/mol. The van der Waals surface area contributed by atoms with Crippen molar-refractivity contribution in [3.05, 3.63) is 85.1 Å². The maximum atomic E-state index is 13.0. The Labute approximate surface area is 404 Å². The summed E-state index contributed by atoms with van der Waals surface area (Å²) in [5.41, 5.74) is 0. The molecular weight excluding hydrogens is 922 g/mol. The van der Waals surface area contributed by atoms with Crippen LogP contribution >= 0.6 is 15.6 Å². The van der Waals surface area contributed by atoms with Gasteiger partial charge in [-0.15, -0.1) is 0 Å². The molecule has 0 aliphatic heterocycles. The SMILES string of the molecule is CC/C=C\CC(O)/C=C/C=C/C/C=C\C/C=C\C/C=C\CCC(=O)O[C@H](COC(=O)CCCCCCC/C=C\CCCCCCCC)COP(=O)(O)O[C@H]1C(O)C(O)C(O)[C@@H](OP(=O)(O)O)C1O. The zero-order valence-corrected chi connectivity index (χ0v) is 41.9. The fourth-order valence-electron chi connectivity index (χ4n) is 6.78. The summed E-state index contributed by atoms with van der Waals surface area (Å²) < 4.78 is 49.3. The second kappa shape index (κ2) is 38.8. The summed E-state index contributed by atoms with van der Waals surface area (Å²) in [6.07, 6.45) is 30.2. The molecule has 0 saturated heterocycles. The van der Waals surface area contributed by atoms with E-state index in [4.69, 9.17) is 18.5 Å². The fourth-order valence-corrected chi connectivity index (χ4v) is 8.32. The van der Waals surface area contributed by atoms with Crippen LogP contribution in [0.15, 0.2) is 85.1 Å². The summed E-state index contributed by atoms with van der Waals surface area (Å²) in [4.78, 5) is 54.3. The third-order valence-electron chi connectivity index (χ3n) is 10.5. The third kappa shape index (κ3) is 32.9. The number of hydrogen-bond acceptors (Lipinski definition) is 14. The summed E-state index contributed by atoms with van der Waals surface area (Å²) in [7, 11) is -10.7. The quantitative estimate of drug-likeness (QED) is 0.00944. The lowest BCUT2D eigenvalue weighted by atomic mass is 9.85. The van der Waals surface area contributed by atoms with E-state index in [-0.39, 0.29) is 19.3 Å². The first-order valence-electron chi connectivity index (χ1n) is 24.2. The van der Waals surface area contributed by atoms with Crippen LogP contribution in [0.25, 0.3) is 0 Å². The highest BCUT2D eigenvalue weighted by atomic mass is 31.2. The standard InChI is InChI=1S/C49H82O17P2/c1-3-5-7-8-9-10-11-12-13-16-19-22-25-28-32-36-42(51)62-38-41(39-63-68(60,61)66-49-46(55)44(53)45(54)48(47(49)56)65-67(57,58)59)64-43(52)37-33-29-26-23-20-17-14-15-18-21-24-27-31-35-40(50)34-30-6-4-2/h6,12-13,15,17-18,20,24,26-27,29-31,35,40-41,44-50,53-56H,3-5,7-11,14,16,19,21-23,25,28,32-34,36-39H2,1-2H3,(H,60,61)(H2,57,58,59)/b13-12-,18-15-,20-17-,27-24+,29-26-,30-6-,35-31+/t40?,41-,44?,45?,46?,47?,48-,49+/m1/s1. The molecule has 390 valence electrons. The van der Waals surface area contributed by atoms with Crippen LogP contribution in [0.5, 0.6) is 0 Å². The molecule has 0 aromatic rings. The van der Waals surface area contributed by atoms with Gasteiger partial charge in [-0.25, -0.2) is 9.13 Å². The van der Waals surface area contributed by atoms with Crippen LogP contribution < -0.4 is 0 Å². The first-order chi connectivity index (χ1) is 32.5. The van der Waals surface area contributed by atoms with Gasteiger partial charge in [-0.05, 0) is 70.6 Å². The summed E-state index contributed by atoms with van der Waals surface area (Å²) >= 11 is 0. The van der Waals surface area contributed by atoms with Gasteiger partial charge in [0.15, 0.2) is 6.10 Å². The van der Waals surface area contributed by atoms with Gasteiger partial charge in [0.1, 0.15) is 43.2 Å². The summed E-state index contributed by atoms with van der Waals surface area (Å²) in [5, 5.41) is 51.1. The molecule has 68 heavy (non-hydrogen) atoms. The maximum Gasteiger partial charge on any atom is 0.472 e. The molecule has 1 fully saturated rings. The molecule has 6 unspecified atom stereocenters. The Balaban J connectivity index is 2.66. The molecule has 19 heteroatoms. The minimum absolute atomic E-state index is 0.0830. The van der Waals surface area contributed by atoms with Gasteiger partial charge < -0.3 is 49.7 Å². The highest BCUT2D eigenvalue weighted by Gasteiger charge is 2.54. The van der Waals surface area contributed by atoms with Crippen molar-refractivity contribution in [1.82, 2.24) is 0 Å². The number of ether oxygens (including phenoxy) is 2. The number of aliphatic hydroxyl groups excluding tert-OH is 5. The van der Waals surface area contributed by atoms with Gasteiger partial charge in [0, 0.05) is 12.8 Å². The predicted octanol–water partition coefficient (Wildman–Crippen LogP) is 8.36. The molecule has 0 aromatic carbocycles. The molecule has 1 rings (SSSR count). The number of phosphoric ester groups is 2. The van der Waals surface area contributed by atoms with Crippen molar-refractivity contribution in [3.63, 3.8) is 0 Å². The Kier molecular flexibility index (Phi) is 36.1. The van der Waals surface area contributed by atoms with Gasteiger partial charge in [-0.2, -0.15) is 0 Å². The minimum atomic E-state index is -5.38. The molecular formula is C49H82O17P2. The third-order valence-corrected chi connectivity index (χ3v) is 12.1. The smallest absolute Gasteiger partial charge is 0.462 e. The van der Waals surface area contributed by atoms with E-state index >= 15 is 0 Å². The van der Waals surface area contributed by atoms with Crippen molar-refractivity contribution < 1.29 is 82.0 Å². The van der Waals surface area contributed by atoms with Gasteiger partial charge in [0.25, 0.3) is 0 Å². The first-order valence-corrected chi connectivity index (χ1v) is 27.3. The van der Waals surface area contributed by atoms with E-state index in [0.717, 1.165) is 57.8 Å². The number of aliphatic hydroxyl groups is 5. The van der Waals surface area contributed by atoms with Crippen molar-refractivity contribution in [3.8, 4) is 0 Å². The van der Waals surface area contributed by atoms with E-state index in [1.165, 1.54) is 38.5 Å². The summed E-state index contributed by atoms with van der Waals surface area (Å²) in [6, 6.07) is 0. The van der Waals surface area contributed by atoms with Gasteiger partial charge in [-0.3, -0.25) is 23.2 Å². The zero-order valence-electron chi connectivity index (χ0n) is 40.1. The number of rotatable bonds is 39. The highest BCUT2D eigenvalue weighted by Crippen LogP contribution is 2.49. The van der Waals surface area contributed by atoms with Crippen LogP contribution in [-0.2, 0) is 41.8 Å². The average Bonchev–Trinajstić information content (AvgIpc) is 3.29. The normalized spacial score (nSPS) is 22.4. The van der Waals surface area contributed by atoms with E-state index in [2.05, 4.69) is 23.6 Å². The van der Waals surface area contributed by atoms with E-state index in [1.807, 2.05) is 67.7 Å². The van der Waals surface area contributed by atoms with Crippen molar-refractivity contribution in [2.45, 2.75) is 198 Å². The topological polar surface area (TPSA) is 276 Å². The highest BCUT2D eigenvalue weighted by molar-refractivity contribution is 7.47. The van der Waals surface area contributed by atoms with Gasteiger partial charge in [0.2, 0.25) is 0 Å². The van der Waals surface area contributed by atoms with Crippen LogP contribution in [0.3, 0.4) is 0 Å². The number of carbonyl (C=O) groups is 2. The molecule has 0 radical (unpaired) electrons. The van der Waals surface area contributed by atoms with E-state index < -0.39 is 89.6 Å². The molecule has 9 atom stereocenters. The number of phosphoric acid groups is 2. The second-order valence-electron chi connectivity index (χ2n) is 16.6. The molecule has 0 heterocycles. The number of allylic oxidation sites excluding steroid dienone is 12. The van der Waals surface area contributed by atoms with E-state index in [0.29, 0.717) is 19.3 Å². The van der Waals surface area contributed by atoms with Crippen LogP contribution in [0.1, 0.15) is 149 Å². The molecule has 0 aromatic heterocycles. The fraction of sp³-hybridized carbons (Fsp3) is 0.673. The number of unbranched alkanes of at least 4 members (excludes halogenated alkanes) is 11. The lowest BCUT2D eigenvalue weighted by Crippen LogP contribution is -2.64. The summed E-state index contributed by atoms with van der Waals surface area (Å²) in [5.74, 6) is -1.34. The Morgan fingerprint density at radius 1 is 0.559 bits per heavy atom. The van der Waals surface area contributed by atoms with E-state index in [9.17, 15) is 58.9 Å².